The molecule has 0 aromatic rings. The van der Waals surface area contributed by atoms with Crippen molar-refractivity contribution in [2.45, 2.75) is 52.4 Å². The first-order valence-electron chi connectivity index (χ1n) is 5.36. The third-order valence-corrected chi connectivity index (χ3v) is 3.92. The van der Waals surface area contributed by atoms with Gasteiger partial charge in [-0.15, -0.1) is 0 Å². The predicted molar refractivity (Wildman–Crippen MR) is 52.6 cm³/mol. The van der Waals surface area contributed by atoms with Gasteiger partial charge in [-0.3, -0.25) is 4.79 Å². The van der Waals surface area contributed by atoms with Crippen molar-refractivity contribution in [2.75, 3.05) is 0 Å². The van der Waals surface area contributed by atoms with E-state index in [1.165, 1.54) is 12.8 Å². The fraction of sp³-hybridized carbons (Fsp3) is 0.909. The summed E-state index contributed by atoms with van der Waals surface area (Å²) in [6.07, 6.45) is 6.23. The number of hydrogen-bond acceptors (Lipinski definition) is 1. The molecule has 1 unspecified atom stereocenters. The molecule has 1 aliphatic rings. The summed E-state index contributed by atoms with van der Waals surface area (Å²) in [4.78, 5) is 10.7. The highest BCUT2D eigenvalue weighted by Gasteiger charge is 2.40. The van der Waals surface area contributed by atoms with E-state index in [0.29, 0.717) is 17.8 Å². The lowest BCUT2D eigenvalue weighted by Crippen LogP contribution is -2.25. The molecule has 0 amide bonds. The third kappa shape index (κ3) is 2.04. The average molecular weight is 184 g/mol. The van der Waals surface area contributed by atoms with Crippen molar-refractivity contribution in [2.24, 2.45) is 11.3 Å². The molecule has 0 bridgehead atoms. The van der Waals surface area contributed by atoms with Gasteiger partial charge in [0.2, 0.25) is 0 Å². The molecule has 1 aliphatic carbocycles. The number of hydrogen-bond donors (Lipinski definition) is 1. The summed E-state index contributed by atoms with van der Waals surface area (Å²) in [5.41, 5.74) is 0.346. The van der Waals surface area contributed by atoms with Crippen LogP contribution in [0.2, 0.25) is 0 Å². The minimum Gasteiger partial charge on any atom is -0.481 e. The van der Waals surface area contributed by atoms with Gasteiger partial charge in [0.05, 0.1) is 0 Å². The van der Waals surface area contributed by atoms with Gasteiger partial charge in [-0.2, -0.15) is 0 Å². The molecule has 0 aromatic carbocycles. The van der Waals surface area contributed by atoms with E-state index in [4.69, 9.17) is 5.11 Å². The van der Waals surface area contributed by atoms with E-state index in [-0.39, 0.29) is 0 Å². The van der Waals surface area contributed by atoms with Crippen LogP contribution < -0.4 is 0 Å². The Kier molecular flexibility index (Phi) is 3.34. The zero-order valence-corrected chi connectivity index (χ0v) is 8.68. The second kappa shape index (κ2) is 4.12. The first kappa shape index (κ1) is 10.6. The summed E-state index contributed by atoms with van der Waals surface area (Å²) in [5.74, 6) is -0.196. The Morgan fingerprint density at radius 1 is 1.46 bits per heavy atom. The summed E-state index contributed by atoms with van der Waals surface area (Å²) in [6, 6.07) is 0. The van der Waals surface area contributed by atoms with E-state index in [0.717, 1.165) is 19.3 Å². The lowest BCUT2D eigenvalue weighted by molar-refractivity contribution is -0.139. The highest BCUT2D eigenvalue weighted by molar-refractivity contribution is 5.67. The van der Waals surface area contributed by atoms with Gasteiger partial charge in [-0.25, -0.2) is 0 Å². The van der Waals surface area contributed by atoms with Gasteiger partial charge >= 0.3 is 5.97 Å². The highest BCUT2D eigenvalue weighted by atomic mass is 16.4. The van der Waals surface area contributed by atoms with Crippen molar-refractivity contribution in [3.63, 3.8) is 0 Å². The maximum absolute atomic E-state index is 10.7. The van der Waals surface area contributed by atoms with Gasteiger partial charge in [-0.1, -0.05) is 33.1 Å². The molecular weight excluding hydrogens is 164 g/mol. The van der Waals surface area contributed by atoms with Crippen molar-refractivity contribution in [3.8, 4) is 0 Å². The fourth-order valence-corrected chi connectivity index (χ4v) is 2.92. The summed E-state index contributed by atoms with van der Waals surface area (Å²) in [6.45, 7) is 4.40. The lowest BCUT2D eigenvalue weighted by Gasteiger charge is -2.32. The minimum atomic E-state index is -0.627. The lowest BCUT2D eigenvalue weighted by atomic mass is 9.72. The number of carboxylic acids is 1. The molecule has 76 valence electrons. The van der Waals surface area contributed by atoms with Crippen molar-refractivity contribution in [1.82, 2.24) is 0 Å². The topological polar surface area (TPSA) is 37.3 Å². The molecule has 0 saturated heterocycles. The summed E-state index contributed by atoms with van der Waals surface area (Å²) >= 11 is 0. The molecule has 1 rings (SSSR count). The van der Waals surface area contributed by atoms with Gasteiger partial charge in [-0.05, 0) is 24.2 Å². The average Bonchev–Trinajstić information content (AvgIpc) is 2.48. The SMILES string of the molecule is CCC1(CC)CCCC1CC(=O)O. The van der Waals surface area contributed by atoms with Crippen LogP contribution in [-0.4, -0.2) is 11.1 Å². The fourth-order valence-electron chi connectivity index (χ4n) is 2.92. The van der Waals surface area contributed by atoms with Crippen LogP contribution in [0.4, 0.5) is 0 Å². The van der Waals surface area contributed by atoms with E-state index < -0.39 is 5.97 Å². The van der Waals surface area contributed by atoms with Gasteiger partial charge in [0, 0.05) is 6.42 Å². The quantitative estimate of drug-likeness (QED) is 0.729. The maximum atomic E-state index is 10.7. The van der Waals surface area contributed by atoms with Crippen LogP contribution in [0.15, 0.2) is 0 Å². The van der Waals surface area contributed by atoms with Crippen molar-refractivity contribution >= 4 is 5.97 Å². The van der Waals surface area contributed by atoms with Crippen molar-refractivity contribution in [1.29, 1.82) is 0 Å². The van der Waals surface area contributed by atoms with E-state index in [1.54, 1.807) is 0 Å². The largest absolute Gasteiger partial charge is 0.481 e. The molecule has 0 spiro atoms. The summed E-state index contributed by atoms with van der Waals surface area (Å²) in [7, 11) is 0. The Bertz CT molecular complexity index is 183. The van der Waals surface area contributed by atoms with Crippen LogP contribution in [0.1, 0.15) is 52.4 Å². The molecule has 0 heterocycles. The van der Waals surface area contributed by atoms with Gasteiger partial charge in [0.25, 0.3) is 0 Å². The van der Waals surface area contributed by atoms with Crippen molar-refractivity contribution < 1.29 is 9.90 Å². The summed E-state index contributed by atoms with van der Waals surface area (Å²) < 4.78 is 0. The van der Waals surface area contributed by atoms with Crippen LogP contribution in [0, 0.1) is 11.3 Å². The Morgan fingerprint density at radius 3 is 2.54 bits per heavy atom. The number of rotatable bonds is 4. The highest BCUT2D eigenvalue weighted by Crippen LogP contribution is 2.49. The number of carbonyl (C=O) groups is 1. The van der Waals surface area contributed by atoms with E-state index in [1.807, 2.05) is 0 Å². The van der Waals surface area contributed by atoms with E-state index in [9.17, 15) is 4.79 Å². The molecule has 1 fully saturated rings. The molecule has 1 atom stereocenters. The Morgan fingerprint density at radius 2 is 2.08 bits per heavy atom. The second-order valence-electron chi connectivity index (χ2n) is 4.26. The molecule has 0 radical (unpaired) electrons. The number of carboxylic acid groups (broad SMARTS) is 1. The molecule has 2 heteroatoms. The van der Waals surface area contributed by atoms with Crippen LogP contribution in [0.5, 0.6) is 0 Å². The molecular formula is C11H20O2. The maximum Gasteiger partial charge on any atom is 0.303 e. The van der Waals surface area contributed by atoms with Crippen LogP contribution in [0.25, 0.3) is 0 Å². The second-order valence-corrected chi connectivity index (χ2v) is 4.26. The minimum absolute atomic E-state index is 0.346. The van der Waals surface area contributed by atoms with Gasteiger partial charge in [0.15, 0.2) is 0 Å². The Balaban J connectivity index is 2.66. The molecule has 2 nitrogen and oxygen atoms in total. The van der Waals surface area contributed by atoms with Crippen LogP contribution >= 0.6 is 0 Å². The zero-order valence-electron chi connectivity index (χ0n) is 8.68. The molecule has 1 saturated carbocycles. The molecule has 1 N–H and O–H groups in total. The smallest absolute Gasteiger partial charge is 0.303 e. The van der Waals surface area contributed by atoms with Gasteiger partial charge < -0.3 is 5.11 Å². The predicted octanol–water partition coefficient (Wildman–Crippen LogP) is 3.07. The Labute approximate surface area is 80.3 Å². The zero-order chi connectivity index (χ0) is 9.90. The third-order valence-electron chi connectivity index (χ3n) is 3.92. The van der Waals surface area contributed by atoms with E-state index in [2.05, 4.69) is 13.8 Å². The van der Waals surface area contributed by atoms with Crippen LogP contribution in [-0.2, 0) is 4.79 Å². The molecule has 0 aromatic heterocycles. The standard InChI is InChI=1S/C11H20O2/c1-3-11(4-2)7-5-6-9(11)8-10(12)13/h9H,3-8H2,1-2H3,(H,12,13). The van der Waals surface area contributed by atoms with Crippen molar-refractivity contribution in [3.05, 3.63) is 0 Å². The van der Waals surface area contributed by atoms with Gasteiger partial charge in [0.1, 0.15) is 0 Å². The first-order chi connectivity index (χ1) is 6.14. The first-order valence-corrected chi connectivity index (χ1v) is 5.36. The normalized spacial score (nSPS) is 26.2. The monoisotopic (exact) mass is 184 g/mol. The summed E-state index contributed by atoms with van der Waals surface area (Å²) in [5, 5.41) is 8.80. The molecule has 13 heavy (non-hydrogen) atoms. The van der Waals surface area contributed by atoms with E-state index >= 15 is 0 Å². The molecule has 0 aliphatic heterocycles. The number of aliphatic carboxylic acids is 1. The Hall–Kier alpha value is -0.530. The van der Waals surface area contributed by atoms with Crippen LogP contribution in [0.3, 0.4) is 0 Å².